The maximum atomic E-state index is 4.42. The first kappa shape index (κ1) is 9.21. The molecule has 3 nitrogen and oxygen atoms in total. The number of nitrogens with one attached hydrogen (secondary N) is 1. The van der Waals surface area contributed by atoms with Crippen LogP contribution in [0.4, 0.5) is 0 Å². The highest BCUT2D eigenvalue weighted by Crippen LogP contribution is 2.11. The lowest BCUT2D eigenvalue weighted by Gasteiger charge is -2.00. The van der Waals surface area contributed by atoms with Crippen molar-refractivity contribution in [3.8, 4) is 0 Å². The van der Waals surface area contributed by atoms with Crippen molar-refractivity contribution in [2.24, 2.45) is 0 Å². The molecule has 0 saturated heterocycles. The number of hydrogen-bond acceptors (Lipinski definition) is 2. The Labute approximate surface area is 83.8 Å². The van der Waals surface area contributed by atoms with Crippen LogP contribution >= 0.6 is 0 Å². The number of imidazole rings is 1. The van der Waals surface area contributed by atoms with E-state index in [-0.39, 0.29) is 0 Å². The number of pyridine rings is 1. The van der Waals surface area contributed by atoms with Gasteiger partial charge in [0.1, 0.15) is 0 Å². The summed E-state index contributed by atoms with van der Waals surface area (Å²) in [5.41, 5.74) is 3.62. The Morgan fingerprint density at radius 2 is 2.29 bits per heavy atom. The van der Waals surface area contributed by atoms with E-state index < -0.39 is 0 Å². The average Bonchev–Trinajstić information content (AvgIpc) is 2.60. The first-order chi connectivity index (χ1) is 6.83. The fourth-order valence-corrected chi connectivity index (χ4v) is 1.65. The van der Waals surface area contributed by atoms with E-state index in [1.54, 1.807) is 0 Å². The smallest absolute Gasteiger partial charge is 0.0997 e. The molecule has 0 unspecified atom stereocenters. The van der Waals surface area contributed by atoms with E-state index in [2.05, 4.69) is 39.8 Å². The molecule has 2 aromatic rings. The molecule has 0 aromatic carbocycles. The molecule has 2 rings (SSSR count). The van der Waals surface area contributed by atoms with Crippen molar-refractivity contribution in [1.29, 1.82) is 0 Å². The monoisotopic (exact) mass is 189 g/mol. The summed E-state index contributed by atoms with van der Waals surface area (Å²) in [6, 6.07) is 6.29. The Morgan fingerprint density at radius 3 is 3.07 bits per heavy atom. The van der Waals surface area contributed by atoms with Gasteiger partial charge in [-0.05, 0) is 26.1 Å². The number of rotatable bonds is 3. The molecule has 0 spiro atoms. The number of aromatic nitrogens is 2. The lowest BCUT2D eigenvalue weighted by molar-refractivity contribution is 0.783. The predicted molar refractivity (Wildman–Crippen MR) is 57.6 cm³/mol. The minimum atomic E-state index is 0.973. The van der Waals surface area contributed by atoms with Crippen LogP contribution in [0.15, 0.2) is 24.5 Å². The van der Waals surface area contributed by atoms with Crippen LogP contribution in [0.5, 0.6) is 0 Å². The molecule has 0 amide bonds. The Kier molecular flexibility index (Phi) is 2.50. The average molecular weight is 189 g/mol. The molecule has 0 aliphatic carbocycles. The number of likely N-dealkylation sites (N-methyl/N-ethyl adjacent to an activating group) is 1. The van der Waals surface area contributed by atoms with Gasteiger partial charge in [-0.25, -0.2) is 4.98 Å². The van der Waals surface area contributed by atoms with Crippen LogP contribution in [0.1, 0.15) is 11.4 Å². The second kappa shape index (κ2) is 3.80. The predicted octanol–water partition coefficient (Wildman–Crippen LogP) is 1.40. The maximum Gasteiger partial charge on any atom is 0.0997 e. The van der Waals surface area contributed by atoms with Gasteiger partial charge in [0.25, 0.3) is 0 Å². The highest BCUT2D eigenvalue weighted by atomic mass is 15.0. The Hall–Kier alpha value is -1.35. The third kappa shape index (κ3) is 1.51. The topological polar surface area (TPSA) is 29.3 Å². The molecule has 0 radical (unpaired) electrons. The van der Waals surface area contributed by atoms with Gasteiger partial charge in [0.15, 0.2) is 0 Å². The molecule has 0 saturated carbocycles. The molecular weight excluding hydrogens is 174 g/mol. The van der Waals surface area contributed by atoms with E-state index >= 15 is 0 Å². The summed E-state index contributed by atoms with van der Waals surface area (Å²) in [6.45, 7) is 3.07. The normalized spacial score (nSPS) is 11.0. The summed E-state index contributed by atoms with van der Waals surface area (Å²) in [5.74, 6) is 0. The van der Waals surface area contributed by atoms with Gasteiger partial charge in [-0.15, -0.1) is 0 Å². The first-order valence-corrected chi connectivity index (χ1v) is 4.89. The largest absolute Gasteiger partial charge is 0.319 e. The molecule has 1 N–H and O–H groups in total. The molecule has 14 heavy (non-hydrogen) atoms. The van der Waals surface area contributed by atoms with Gasteiger partial charge >= 0.3 is 0 Å². The van der Waals surface area contributed by atoms with Crippen molar-refractivity contribution in [3.05, 3.63) is 35.9 Å². The van der Waals surface area contributed by atoms with Crippen LogP contribution in [0.2, 0.25) is 0 Å². The van der Waals surface area contributed by atoms with Crippen molar-refractivity contribution in [3.63, 3.8) is 0 Å². The molecule has 0 aliphatic rings. The van der Waals surface area contributed by atoms with Gasteiger partial charge in [-0.2, -0.15) is 0 Å². The Morgan fingerprint density at radius 1 is 1.43 bits per heavy atom. The standard InChI is InChI=1S/C11H15N3/c1-9-4-3-5-11-10(6-7-12-2)13-8-14(9)11/h3-5,8,12H,6-7H2,1-2H3. The zero-order valence-electron chi connectivity index (χ0n) is 8.62. The molecule has 3 heteroatoms. The van der Waals surface area contributed by atoms with Crippen molar-refractivity contribution in [2.45, 2.75) is 13.3 Å². The van der Waals surface area contributed by atoms with E-state index in [0.717, 1.165) is 13.0 Å². The minimum absolute atomic E-state index is 0.973. The SMILES string of the molecule is CNCCc1ncn2c(C)cccc12. The highest BCUT2D eigenvalue weighted by molar-refractivity contribution is 5.52. The summed E-state index contributed by atoms with van der Waals surface area (Å²) in [4.78, 5) is 4.42. The third-order valence-corrected chi connectivity index (χ3v) is 2.47. The Bertz CT molecular complexity index is 431. The van der Waals surface area contributed by atoms with Crippen molar-refractivity contribution < 1.29 is 0 Å². The third-order valence-electron chi connectivity index (χ3n) is 2.47. The number of nitrogens with zero attached hydrogens (tertiary/aromatic N) is 2. The van der Waals surface area contributed by atoms with Crippen molar-refractivity contribution >= 4 is 5.52 Å². The van der Waals surface area contributed by atoms with E-state index in [0.29, 0.717) is 0 Å². The van der Waals surface area contributed by atoms with Gasteiger partial charge in [0.05, 0.1) is 17.5 Å². The van der Waals surface area contributed by atoms with E-state index in [1.807, 2.05) is 13.4 Å². The second-order valence-electron chi connectivity index (χ2n) is 3.47. The lowest BCUT2D eigenvalue weighted by atomic mass is 10.2. The molecule has 2 heterocycles. The zero-order chi connectivity index (χ0) is 9.97. The summed E-state index contributed by atoms with van der Waals surface area (Å²) in [7, 11) is 1.96. The van der Waals surface area contributed by atoms with E-state index in [1.165, 1.54) is 16.9 Å². The van der Waals surface area contributed by atoms with Crippen LogP contribution in [0, 0.1) is 6.92 Å². The van der Waals surface area contributed by atoms with Gasteiger partial charge in [-0.1, -0.05) is 6.07 Å². The number of fused-ring (bicyclic) bond motifs is 1. The second-order valence-corrected chi connectivity index (χ2v) is 3.47. The molecular formula is C11H15N3. The molecule has 0 bridgehead atoms. The van der Waals surface area contributed by atoms with Crippen LogP contribution in [0.3, 0.4) is 0 Å². The number of aryl methyl sites for hydroxylation is 1. The quantitative estimate of drug-likeness (QED) is 0.791. The summed E-state index contributed by atoms with van der Waals surface area (Å²) >= 11 is 0. The van der Waals surface area contributed by atoms with Crippen LogP contribution in [-0.4, -0.2) is 23.0 Å². The van der Waals surface area contributed by atoms with Crippen molar-refractivity contribution in [1.82, 2.24) is 14.7 Å². The van der Waals surface area contributed by atoms with Crippen molar-refractivity contribution in [2.75, 3.05) is 13.6 Å². The van der Waals surface area contributed by atoms with Gasteiger partial charge < -0.3 is 9.72 Å². The van der Waals surface area contributed by atoms with Crippen LogP contribution < -0.4 is 5.32 Å². The van der Waals surface area contributed by atoms with E-state index in [9.17, 15) is 0 Å². The van der Waals surface area contributed by atoms with Crippen LogP contribution in [0.25, 0.3) is 5.52 Å². The molecule has 74 valence electrons. The summed E-state index contributed by atoms with van der Waals surface area (Å²) in [6.07, 6.45) is 2.88. The van der Waals surface area contributed by atoms with Gasteiger partial charge in [0, 0.05) is 18.7 Å². The molecule has 0 atom stereocenters. The summed E-state index contributed by atoms with van der Waals surface area (Å²) < 4.78 is 2.13. The molecule has 2 aromatic heterocycles. The molecule has 0 aliphatic heterocycles. The number of hydrogen-bond donors (Lipinski definition) is 1. The van der Waals surface area contributed by atoms with Crippen LogP contribution in [-0.2, 0) is 6.42 Å². The fourth-order valence-electron chi connectivity index (χ4n) is 1.65. The highest BCUT2D eigenvalue weighted by Gasteiger charge is 2.03. The lowest BCUT2D eigenvalue weighted by Crippen LogP contribution is -2.10. The van der Waals surface area contributed by atoms with E-state index in [4.69, 9.17) is 0 Å². The Balaban J connectivity index is 2.42. The first-order valence-electron chi connectivity index (χ1n) is 4.89. The molecule has 0 fully saturated rings. The zero-order valence-corrected chi connectivity index (χ0v) is 8.62. The maximum absolute atomic E-state index is 4.42. The van der Waals surface area contributed by atoms with Gasteiger partial charge in [-0.3, -0.25) is 0 Å². The fraction of sp³-hybridized carbons (Fsp3) is 0.364. The minimum Gasteiger partial charge on any atom is -0.319 e. The van der Waals surface area contributed by atoms with Gasteiger partial charge in [0.2, 0.25) is 0 Å². The summed E-state index contributed by atoms with van der Waals surface area (Å²) in [5, 5.41) is 3.14.